The van der Waals surface area contributed by atoms with E-state index in [0.717, 1.165) is 5.39 Å². The molecule has 1 aromatic heterocycles. The van der Waals surface area contributed by atoms with Crippen LogP contribution in [0.2, 0.25) is 0 Å². The van der Waals surface area contributed by atoms with Crippen LogP contribution in [-0.2, 0) is 0 Å². The summed E-state index contributed by atoms with van der Waals surface area (Å²) < 4.78 is 0. The third kappa shape index (κ3) is 2.47. The number of hydrazine groups is 1. The molecule has 0 radical (unpaired) electrons. The number of fused-ring (bicyclic) bond motifs is 1. The molecule has 3 N–H and O–H groups in total. The molecule has 1 heterocycles. The van der Waals surface area contributed by atoms with Gasteiger partial charge in [0.2, 0.25) is 0 Å². The molecule has 0 fully saturated rings. The van der Waals surface area contributed by atoms with Gasteiger partial charge in [0.05, 0.1) is 6.04 Å². The molecule has 0 saturated carbocycles. The van der Waals surface area contributed by atoms with Gasteiger partial charge < -0.3 is 4.90 Å². The van der Waals surface area contributed by atoms with E-state index < -0.39 is 0 Å². The zero-order valence-corrected chi connectivity index (χ0v) is 12.0. The van der Waals surface area contributed by atoms with E-state index in [-0.39, 0.29) is 11.6 Å². The molecule has 0 spiro atoms. The SMILES string of the molecule is CN(C)C(C)(C)C(NN)c1cccc2cnccc12. The second-order valence-electron chi connectivity index (χ2n) is 5.59. The molecule has 19 heavy (non-hydrogen) atoms. The van der Waals surface area contributed by atoms with Crippen LogP contribution in [0, 0.1) is 0 Å². The number of benzene rings is 1. The fraction of sp³-hybridized carbons (Fsp3) is 0.400. The van der Waals surface area contributed by atoms with Crippen molar-refractivity contribution in [2.24, 2.45) is 5.84 Å². The summed E-state index contributed by atoms with van der Waals surface area (Å²) in [5.74, 6) is 5.83. The summed E-state index contributed by atoms with van der Waals surface area (Å²) in [6.07, 6.45) is 3.71. The number of pyridine rings is 1. The molecule has 1 aromatic carbocycles. The van der Waals surface area contributed by atoms with Gasteiger partial charge in [-0.25, -0.2) is 0 Å². The summed E-state index contributed by atoms with van der Waals surface area (Å²) in [6, 6.07) is 8.32. The molecule has 0 aliphatic carbocycles. The molecule has 2 aromatic rings. The van der Waals surface area contributed by atoms with Gasteiger partial charge in [-0.1, -0.05) is 18.2 Å². The Hall–Kier alpha value is -1.49. The highest BCUT2D eigenvalue weighted by Gasteiger charge is 2.32. The number of hydrogen-bond acceptors (Lipinski definition) is 4. The topological polar surface area (TPSA) is 54.2 Å². The Morgan fingerprint density at radius 3 is 2.63 bits per heavy atom. The monoisotopic (exact) mass is 258 g/mol. The van der Waals surface area contributed by atoms with E-state index in [1.165, 1.54) is 10.9 Å². The van der Waals surface area contributed by atoms with Crippen LogP contribution in [0.15, 0.2) is 36.7 Å². The average Bonchev–Trinajstić information content (AvgIpc) is 2.39. The van der Waals surface area contributed by atoms with Crippen LogP contribution in [0.3, 0.4) is 0 Å². The minimum atomic E-state index is -0.105. The minimum Gasteiger partial charge on any atom is -0.302 e. The van der Waals surface area contributed by atoms with Crippen molar-refractivity contribution in [3.05, 3.63) is 42.2 Å². The van der Waals surface area contributed by atoms with Gasteiger partial charge in [-0.2, -0.15) is 0 Å². The van der Waals surface area contributed by atoms with Gasteiger partial charge in [-0.15, -0.1) is 0 Å². The van der Waals surface area contributed by atoms with Gasteiger partial charge in [0.15, 0.2) is 0 Å². The summed E-state index contributed by atoms with van der Waals surface area (Å²) in [4.78, 5) is 6.35. The van der Waals surface area contributed by atoms with E-state index in [0.29, 0.717) is 0 Å². The lowest BCUT2D eigenvalue weighted by molar-refractivity contribution is 0.139. The normalized spacial score (nSPS) is 14.0. The quantitative estimate of drug-likeness (QED) is 0.651. The predicted octanol–water partition coefficient (Wildman–Crippen LogP) is 2.08. The fourth-order valence-corrected chi connectivity index (χ4v) is 2.33. The summed E-state index contributed by atoms with van der Waals surface area (Å²) >= 11 is 0. The molecular weight excluding hydrogens is 236 g/mol. The van der Waals surface area contributed by atoms with Crippen LogP contribution in [-0.4, -0.2) is 29.5 Å². The molecule has 102 valence electrons. The van der Waals surface area contributed by atoms with Crippen molar-refractivity contribution in [1.82, 2.24) is 15.3 Å². The first-order valence-electron chi connectivity index (χ1n) is 6.44. The van der Waals surface area contributed by atoms with Gasteiger partial charge in [0, 0.05) is 23.3 Å². The van der Waals surface area contributed by atoms with Gasteiger partial charge in [0.25, 0.3) is 0 Å². The van der Waals surface area contributed by atoms with Crippen LogP contribution in [0.25, 0.3) is 10.8 Å². The lowest BCUT2D eigenvalue weighted by Gasteiger charge is -2.40. The van der Waals surface area contributed by atoms with Crippen molar-refractivity contribution in [3.63, 3.8) is 0 Å². The summed E-state index contributed by atoms with van der Waals surface area (Å²) in [7, 11) is 4.13. The average molecular weight is 258 g/mol. The van der Waals surface area contributed by atoms with Crippen molar-refractivity contribution in [2.75, 3.05) is 14.1 Å². The number of likely N-dealkylation sites (N-methyl/N-ethyl adjacent to an activating group) is 1. The molecule has 2 rings (SSSR count). The number of rotatable bonds is 4. The Balaban J connectivity index is 2.59. The lowest BCUT2D eigenvalue weighted by Crippen LogP contribution is -2.51. The maximum atomic E-state index is 5.83. The van der Waals surface area contributed by atoms with E-state index >= 15 is 0 Å². The Labute approximate surface area is 114 Å². The number of nitrogens with two attached hydrogens (primary N) is 1. The lowest BCUT2D eigenvalue weighted by atomic mass is 9.86. The Bertz CT molecular complexity index is 558. The first kappa shape index (κ1) is 13.9. The van der Waals surface area contributed by atoms with Gasteiger partial charge in [-0.05, 0) is 45.0 Å². The zero-order chi connectivity index (χ0) is 14.0. The first-order chi connectivity index (χ1) is 8.98. The zero-order valence-electron chi connectivity index (χ0n) is 12.0. The second kappa shape index (κ2) is 5.25. The van der Waals surface area contributed by atoms with Crippen molar-refractivity contribution < 1.29 is 0 Å². The maximum absolute atomic E-state index is 5.83. The third-order valence-corrected chi connectivity index (χ3v) is 4.05. The fourth-order valence-electron chi connectivity index (χ4n) is 2.33. The summed E-state index contributed by atoms with van der Waals surface area (Å²) in [5, 5.41) is 2.32. The molecule has 0 amide bonds. The molecule has 4 heteroatoms. The molecule has 0 saturated heterocycles. The first-order valence-corrected chi connectivity index (χ1v) is 6.44. The standard InChI is InChI=1S/C15H22N4/c1-15(2,19(3)4)14(18-16)13-7-5-6-11-10-17-9-8-12(11)13/h5-10,14,18H,16H2,1-4H3. The number of nitrogens with one attached hydrogen (secondary N) is 1. The van der Waals surface area contributed by atoms with Crippen LogP contribution in [0.1, 0.15) is 25.5 Å². The van der Waals surface area contributed by atoms with E-state index in [9.17, 15) is 0 Å². The highest BCUT2D eigenvalue weighted by atomic mass is 15.3. The Morgan fingerprint density at radius 1 is 1.26 bits per heavy atom. The number of aromatic nitrogens is 1. The van der Waals surface area contributed by atoms with Crippen LogP contribution in [0.5, 0.6) is 0 Å². The Morgan fingerprint density at radius 2 is 2.00 bits per heavy atom. The van der Waals surface area contributed by atoms with Crippen LogP contribution < -0.4 is 11.3 Å². The molecule has 4 nitrogen and oxygen atoms in total. The van der Waals surface area contributed by atoms with E-state index in [2.05, 4.69) is 61.5 Å². The minimum absolute atomic E-state index is 0.0357. The molecule has 0 aliphatic heterocycles. The number of hydrogen-bond donors (Lipinski definition) is 2. The van der Waals surface area contributed by atoms with Gasteiger partial charge >= 0.3 is 0 Å². The van der Waals surface area contributed by atoms with Crippen molar-refractivity contribution >= 4 is 10.8 Å². The Kier molecular flexibility index (Phi) is 3.85. The molecule has 0 bridgehead atoms. The smallest absolute Gasteiger partial charge is 0.0644 e. The predicted molar refractivity (Wildman–Crippen MR) is 79.6 cm³/mol. The molecule has 1 unspecified atom stereocenters. The van der Waals surface area contributed by atoms with Crippen LogP contribution in [0.4, 0.5) is 0 Å². The van der Waals surface area contributed by atoms with Crippen molar-refractivity contribution in [3.8, 4) is 0 Å². The summed E-state index contributed by atoms with van der Waals surface area (Å²) in [5.41, 5.74) is 4.06. The summed E-state index contributed by atoms with van der Waals surface area (Å²) in [6.45, 7) is 4.36. The molecule has 1 atom stereocenters. The maximum Gasteiger partial charge on any atom is 0.0644 e. The highest BCUT2D eigenvalue weighted by molar-refractivity contribution is 5.85. The van der Waals surface area contributed by atoms with Gasteiger partial charge in [-0.3, -0.25) is 16.3 Å². The van der Waals surface area contributed by atoms with E-state index in [1.54, 1.807) is 0 Å². The second-order valence-corrected chi connectivity index (χ2v) is 5.59. The largest absolute Gasteiger partial charge is 0.302 e. The van der Waals surface area contributed by atoms with Crippen molar-refractivity contribution in [2.45, 2.75) is 25.4 Å². The van der Waals surface area contributed by atoms with E-state index in [4.69, 9.17) is 5.84 Å². The van der Waals surface area contributed by atoms with Crippen molar-refractivity contribution in [1.29, 1.82) is 0 Å². The van der Waals surface area contributed by atoms with Gasteiger partial charge in [0.1, 0.15) is 0 Å². The van der Waals surface area contributed by atoms with Crippen LogP contribution >= 0.6 is 0 Å². The molecule has 0 aliphatic rings. The molecular formula is C15H22N4. The van der Waals surface area contributed by atoms with E-state index in [1.807, 2.05) is 18.5 Å². The highest BCUT2D eigenvalue weighted by Crippen LogP contribution is 2.32. The third-order valence-electron chi connectivity index (χ3n) is 4.05. The number of nitrogens with zero attached hydrogens (tertiary/aromatic N) is 2.